The van der Waals surface area contributed by atoms with Crippen molar-refractivity contribution in [3.8, 4) is 11.5 Å². The minimum absolute atomic E-state index is 0.168. The Balaban J connectivity index is 1.36. The summed E-state index contributed by atoms with van der Waals surface area (Å²) in [6, 6.07) is 13.0. The molecule has 0 radical (unpaired) electrons. The lowest BCUT2D eigenvalue weighted by Gasteiger charge is -2.15. The van der Waals surface area contributed by atoms with Gasteiger partial charge in [0.05, 0.1) is 23.8 Å². The molecule has 0 spiro atoms. The molecule has 0 saturated heterocycles. The molecule has 5 rings (SSSR count). The van der Waals surface area contributed by atoms with Crippen molar-refractivity contribution in [3.05, 3.63) is 80.9 Å². The SMILES string of the molecule is CCCc1nc2ccccc2c(C(=O)OCC(=O)Nc2sc(C)c(Cc3ccc4c(c3)OCO4)c2C(=O)OC)c1CC. The summed E-state index contributed by atoms with van der Waals surface area (Å²) in [5, 5.41) is 3.79. The molecule has 1 N–H and O–H groups in total. The molecular weight excluding hydrogens is 556 g/mol. The molecule has 4 aromatic rings. The Morgan fingerprint density at radius 2 is 1.79 bits per heavy atom. The number of thiophene rings is 1. The van der Waals surface area contributed by atoms with Crippen LogP contribution in [0.2, 0.25) is 0 Å². The lowest BCUT2D eigenvalue weighted by molar-refractivity contribution is -0.119. The molecule has 0 saturated carbocycles. The molecule has 3 heterocycles. The number of rotatable bonds is 10. The molecule has 9 nitrogen and oxygen atoms in total. The van der Waals surface area contributed by atoms with Crippen molar-refractivity contribution in [3.63, 3.8) is 0 Å². The van der Waals surface area contributed by atoms with Crippen molar-refractivity contribution in [1.82, 2.24) is 4.98 Å². The number of carbonyl (C=O) groups is 3. The number of para-hydroxylation sites is 1. The fourth-order valence-corrected chi connectivity index (χ4v) is 6.26. The molecule has 1 aliphatic heterocycles. The third-order valence-electron chi connectivity index (χ3n) is 7.13. The first-order valence-electron chi connectivity index (χ1n) is 13.8. The molecule has 42 heavy (non-hydrogen) atoms. The number of nitrogens with zero attached hydrogens (tertiary/aromatic N) is 1. The summed E-state index contributed by atoms with van der Waals surface area (Å²) in [4.78, 5) is 44.9. The van der Waals surface area contributed by atoms with Gasteiger partial charge in [-0.05, 0) is 61.1 Å². The molecule has 0 aliphatic carbocycles. The number of amides is 1. The topological polar surface area (TPSA) is 113 Å². The number of pyridine rings is 1. The van der Waals surface area contributed by atoms with E-state index in [1.165, 1.54) is 18.4 Å². The standard InChI is InChI=1S/C32H32N2O7S/c1-5-9-23-20(6-2)28(21-10-7-8-11-24(21)33-23)32(37)39-16-27(35)34-30-29(31(36)38-4)22(18(3)42-30)14-19-12-13-25-26(15-19)41-17-40-25/h7-8,10-13,15H,5-6,9,14,16-17H2,1-4H3,(H,34,35). The highest BCUT2D eigenvalue weighted by Gasteiger charge is 2.26. The molecule has 1 aliphatic rings. The van der Waals surface area contributed by atoms with E-state index in [0.29, 0.717) is 45.8 Å². The molecule has 0 atom stereocenters. The van der Waals surface area contributed by atoms with Gasteiger partial charge < -0.3 is 24.3 Å². The van der Waals surface area contributed by atoms with Gasteiger partial charge in [-0.2, -0.15) is 0 Å². The zero-order valence-corrected chi connectivity index (χ0v) is 24.8. The van der Waals surface area contributed by atoms with E-state index < -0.39 is 24.5 Å². The van der Waals surface area contributed by atoms with Crippen LogP contribution >= 0.6 is 11.3 Å². The Morgan fingerprint density at radius 3 is 2.55 bits per heavy atom. The molecule has 0 fully saturated rings. The number of aryl methyl sites for hydroxylation is 2. The first-order chi connectivity index (χ1) is 20.3. The van der Waals surface area contributed by atoms with E-state index in [-0.39, 0.29) is 12.4 Å². The van der Waals surface area contributed by atoms with E-state index in [0.717, 1.165) is 40.1 Å². The maximum atomic E-state index is 13.4. The van der Waals surface area contributed by atoms with Gasteiger partial charge in [-0.15, -0.1) is 11.3 Å². The van der Waals surface area contributed by atoms with Crippen molar-refractivity contribution in [2.45, 2.75) is 46.5 Å². The van der Waals surface area contributed by atoms with Gasteiger partial charge in [0.15, 0.2) is 18.1 Å². The Labute approximate surface area is 247 Å². The second kappa shape index (κ2) is 12.6. The number of fused-ring (bicyclic) bond motifs is 2. The average Bonchev–Trinajstić information content (AvgIpc) is 3.58. The van der Waals surface area contributed by atoms with Crippen LogP contribution in [-0.2, 0) is 33.5 Å². The van der Waals surface area contributed by atoms with E-state index in [1.54, 1.807) is 0 Å². The molecule has 1 amide bonds. The maximum Gasteiger partial charge on any atom is 0.341 e. The lowest BCUT2D eigenvalue weighted by Crippen LogP contribution is -2.22. The van der Waals surface area contributed by atoms with Gasteiger partial charge >= 0.3 is 11.9 Å². The molecule has 0 bridgehead atoms. The van der Waals surface area contributed by atoms with E-state index >= 15 is 0 Å². The number of hydrogen-bond acceptors (Lipinski definition) is 9. The lowest BCUT2D eigenvalue weighted by atomic mass is 9.96. The molecule has 2 aromatic carbocycles. The van der Waals surface area contributed by atoms with Crippen LogP contribution in [0.3, 0.4) is 0 Å². The summed E-state index contributed by atoms with van der Waals surface area (Å²) in [7, 11) is 1.30. The zero-order chi connectivity index (χ0) is 29.8. The second-order valence-corrected chi connectivity index (χ2v) is 11.1. The van der Waals surface area contributed by atoms with Crippen molar-refractivity contribution in [2.75, 3.05) is 25.8 Å². The van der Waals surface area contributed by atoms with Crippen molar-refractivity contribution in [2.24, 2.45) is 0 Å². The number of esters is 2. The Kier molecular flexibility index (Phi) is 8.72. The number of ether oxygens (including phenoxy) is 4. The quantitative estimate of drug-likeness (QED) is 0.224. The molecular formula is C32H32N2O7S. The Morgan fingerprint density at radius 1 is 1.00 bits per heavy atom. The van der Waals surface area contributed by atoms with Gasteiger partial charge in [-0.25, -0.2) is 9.59 Å². The second-order valence-electron chi connectivity index (χ2n) is 9.85. The summed E-state index contributed by atoms with van der Waals surface area (Å²) in [5.74, 6) is -0.400. The van der Waals surface area contributed by atoms with Gasteiger partial charge in [-0.3, -0.25) is 9.78 Å². The fraction of sp³-hybridized carbons (Fsp3) is 0.312. The number of benzene rings is 2. The summed E-state index contributed by atoms with van der Waals surface area (Å²) in [6.07, 6.45) is 2.64. The Bertz CT molecular complexity index is 1680. The Hall–Kier alpha value is -4.44. The van der Waals surface area contributed by atoms with Crippen LogP contribution in [0.15, 0.2) is 42.5 Å². The van der Waals surface area contributed by atoms with Crippen molar-refractivity contribution < 1.29 is 33.3 Å². The van der Waals surface area contributed by atoms with Gasteiger partial charge in [0.2, 0.25) is 6.79 Å². The predicted octanol–water partition coefficient (Wildman–Crippen LogP) is 6.02. The minimum Gasteiger partial charge on any atom is -0.465 e. The highest BCUT2D eigenvalue weighted by molar-refractivity contribution is 7.16. The number of hydrogen-bond donors (Lipinski definition) is 1. The molecule has 10 heteroatoms. The maximum absolute atomic E-state index is 13.4. The van der Waals surface area contributed by atoms with Crippen molar-refractivity contribution in [1.29, 1.82) is 0 Å². The fourth-order valence-electron chi connectivity index (χ4n) is 5.18. The van der Waals surface area contributed by atoms with Crippen LogP contribution in [0.1, 0.15) is 68.2 Å². The zero-order valence-electron chi connectivity index (χ0n) is 24.0. The normalized spacial score (nSPS) is 11.9. The van der Waals surface area contributed by atoms with E-state index in [1.807, 2.05) is 56.3 Å². The average molecular weight is 589 g/mol. The van der Waals surface area contributed by atoms with Crippen LogP contribution in [-0.4, -0.2) is 43.3 Å². The minimum atomic E-state index is -0.586. The van der Waals surface area contributed by atoms with Gasteiger partial charge in [0.1, 0.15) is 5.00 Å². The smallest absolute Gasteiger partial charge is 0.341 e. The molecule has 0 unspecified atom stereocenters. The molecule has 218 valence electrons. The number of methoxy groups -OCH3 is 1. The van der Waals surface area contributed by atoms with Gasteiger partial charge in [0, 0.05) is 16.0 Å². The number of nitrogens with one attached hydrogen (secondary N) is 1. The third-order valence-corrected chi connectivity index (χ3v) is 8.19. The first kappa shape index (κ1) is 29.1. The van der Waals surface area contributed by atoms with Crippen LogP contribution in [0.4, 0.5) is 5.00 Å². The van der Waals surface area contributed by atoms with Crippen molar-refractivity contribution >= 4 is 45.1 Å². The highest BCUT2D eigenvalue weighted by Crippen LogP contribution is 2.38. The van der Waals surface area contributed by atoms with Gasteiger partial charge in [0.25, 0.3) is 5.91 Å². The summed E-state index contributed by atoms with van der Waals surface area (Å²) < 4.78 is 21.5. The van der Waals surface area contributed by atoms with Crippen LogP contribution in [0.25, 0.3) is 10.9 Å². The van der Waals surface area contributed by atoms with Crippen LogP contribution in [0, 0.1) is 6.92 Å². The van der Waals surface area contributed by atoms with Crippen LogP contribution in [0.5, 0.6) is 11.5 Å². The van der Waals surface area contributed by atoms with Crippen LogP contribution < -0.4 is 14.8 Å². The van der Waals surface area contributed by atoms with E-state index in [9.17, 15) is 14.4 Å². The summed E-state index contributed by atoms with van der Waals surface area (Å²) >= 11 is 1.27. The molecule has 2 aromatic heterocycles. The number of carbonyl (C=O) groups excluding carboxylic acids is 3. The van der Waals surface area contributed by atoms with E-state index in [4.69, 9.17) is 23.9 Å². The predicted molar refractivity (Wildman–Crippen MR) is 160 cm³/mol. The summed E-state index contributed by atoms with van der Waals surface area (Å²) in [5.41, 5.74) is 4.76. The number of anilines is 1. The number of aromatic nitrogens is 1. The first-order valence-corrected chi connectivity index (χ1v) is 14.6. The highest BCUT2D eigenvalue weighted by atomic mass is 32.1. The van der Waals surface area contributed by atoms with E-state index in [2.05, 4.69) is 12.2 Å². The largest absolute Gasteiger partial charge is 0.465 e. The van der Waals surface area contributed by atoms with Gasteiger partial charge in [-0.1, -0.05) is 44.5 Å². The monoisotopic (exact) mass is 588 g/mol. The summed E-state index contributed by atoms with van der Waals surface area (Å²) in [6.45, 7) is 5.57. The third kappa shape index (κ3) is 5.80.